The van der Waals surface area contributed by atoms with E-state index in [-0.39, 0.29) is 17.5 Å². The number of H-pyrrole nitrogens is 1. The number of likely N-dealkylation sites (tertiary alicyclic amines) is 1. The van der Waals surface area contributed by atoms with Crippen LogP contribution in [0.3, 0.4) is 0 Å². The van der Waals surface area contributed by atoms with E-state index in [2.05, 4.69) is 10.1 Å². The molecule has 2 aromatic heterocycles. The lowest BCUT2D eigenvalue weighted by Gasteiger charge is -2.22. The molecule has 1 N–H and O–H groups in total. The summed E-state index contributed by atoms with van der Waals surface area (Å²) in [5.41, 5.74) is 0.855. The number of amides is 1. The maximum atomic E-state index is 12.9. The maximum Gasteiger partial charge on any atom is 0.271 e. The summed E-state index contributed by atoms with van der Waals surface area (Å²) in [6, 6.07) is 10.7. The summed E-state index contributed by atoms with van der Waals surface area (Å²) >= 11 is 0. The van der Waals surface area contributed by atoms with Crippen molar-refractivity contribution in [2.24, 2.45) is 0 Å². The summed E-state index contributed by atoms with van der Waals surface area (Å²) in [6.07, 6.45) is 1.73. The third-order valence-electron chi connectivity index (χ3n) is 4.47. The van der Waals surface area contributed by atoms with Crippen molar-refractivity contribution in [1.29, 1.82) is 0 Å². The van der Waals surface area contributed by atoms with Crippen LogP contribution >= 0.6 is 0 Å². The van der Waals surface area contributed by atoms with Crippen LogP contribution in [0.5, 0.6) is 0 Å². The van der Waals surface area contributed by atoms with Crippen molar-refractivity contribution in [3.63, 3.8) is 0 Å². The molecule has 1 aliphatic rings. The van der Waals surface area contributed by atoms with E-state index in [9.17, 15) is 9.59 Å². The second-order valence-electron chi connectivity index (χ2n) is 6.13. The van der Waals surface area contributed by atoms with Crippen LogP contribution in [0.25, 0.3) is 10.8 Å². The van der Waals surface area contributed by atoms with Crippen molar-refractivity contribution in [2.45, 2.75) is 25.8 Å². The van der Waals surface area contributed by atoms with E-state index >= 15 is 0 Å². The Morgan fingerprint density at radius 3 is 2.96 bits per heavy atom. The van der Waals surface area contributed by atoms with Crippen LogP contribution in [0, 0.1) is 6.92 Å². The number of aryl methyl sites for hydroxylation is 1. The molecule has 6 heteroatoms. The molecule has 1 aromatic carbocycles. The number of nitrogens with zero attached hydrogens (tertiary/aromatic N) is 2. The summed E-state index contributed by atoms with van der Waals surface area (Å²) in [7, 11) is 0. The van der Waals surface area contributed by atoms with Crippen LogP contribution in [0.4, 0.5) is 0 Å². The van der Waals surface area contributed by atoms with Gasteiger partial charge in [-0.3, -0.25) is 9.59 Å². The minimum Gasteiger partial charge on any atom is -0.359 e. The summed E-state index contributed by atoms with van der Waals surface area (Å²) < 4.78 is 5.34. The van der Waals surface area contributed by atoms with Crippen molar-refractivity contribution in [2.75, 3.05) is 6.54 Å². The third kappa shape index (κ3) is 2.40. The number of rotatable bonds is 2. The van der Waals surface area contributed by atoms with Gasteiger partial charge in [-0.15, -0.1) is 0 Å². The van der Waals surface area contributed by atoms with Gasteiger partial charge in [-0.05, 0) is 37.3 Å². The van der Waals surface area contributed by atoms with E-state index < -0.39 is 0 Å². The molecule has 3 heterocycles. The Morgan fingerprint density at radius 1 is 1.33 bits per heavy atom. The lowest BCUT2D eigenvalue weighted by Crippen LogP contribution is -2.32. The largest absolute Gasteiger partial charge is 0.359 e. The summed E-state index contributed by atoms with van der Waals surface area (Å²) in [6.45, 7) is 2.49. The van der Waals surface area contributed by atoms with Crippen LogP contribution < -0.4 is 5.56 Å². The number of pyridine rings is 1. The highest BCUT2D eigenvalue weighted by atomic mass is 16.5. The summed E-state index contributed by atoms with van der Waals surface area (Å²) in [5, 5.41) is 5.25. The number of hydrogen-bond donors (Lipinski definition) is 1. The number of aromatic nitrogens is 2. The Hall–Kier alpha value is -2.89. The Balaban J connectivity index is 1.71. The molecule has 0 bridgehead atoms. The average molecular weight is 323 g/mol. The molecule has 3 aromatic rings. The van der Waals surface area contributed by atoms with Gasteiger partial charge in [-0.1, -0.05) is 23.4 Å². The van der Waals surface area contributed by atoms with Crippen LogP contribution in [-0.4, -0.2) is 27.5 Å². The topological polar surface area (TPSA) is 79.2 Å². The monoisotopic (exact) mass is 323 g/mol. The van der Waals surface area contributed by atoms with Gasteiger partial charge >= 0.3 is 0 Å². The normalized spacial score (nSPS) is 17.5. The van der Waals surface area contributed by atoms with Crippen molar-refractivity contribution in [3.05, 3.63) is 63.9 Å². The van der Waals surface area contributed by atoms with E-state index in [1.165, 1.54) is 0 Å². The van der Waals surface area contributed by atoms with Crippen molar-refractivity contribution in [1.82, 2.24) is 15.0 Å². The van der Waals surface area contributed by atoms with Gasteiger partial charge in [0.1, 0.15) is 5.69 Å². The molecule has 6 nitrogen and oxygen atoms in total. The van der Waals surface area contributed by atoms with Gasteiger partial charge in [0.25, 0.3) is 11.5 Å². The second kappa shape index (κ2) is 5.63. The van der Waals surface area contributed by atoms with E-state index in [1.807, 2.05) is 31.2 Å². The lowest BCUT2D eigenvalue weighted by atomic mass is 10.1. The summed E-state index contributed by atoms with van der Waals surface area (Å²) in [4.78, 5) is 29.6. The molecule has 0 aliphatic carbocycles. The van der Waals surface area contributed by atoms with E-state index in [0.717, 1.165) is 23.9 Å². The van der Waals surface area contributed by atoms with Crippen LogP contribution in [0.1, 0.15) is 40.8 Å². The molecule has 0 spiro atoms. The zero-order valence-corrected chi connectivity index (χ0v) is 13.3. The predicted molar refractivity (Wildman–Crippen MR) is 88.8 cm³/mol. The Bertz CT molecular complexity index is 973. The number of nitrogens with one attached hydrogen (secondary N) is 1. The molecule has 122 valence electrons. The molecule has 4 rings (SSSR count). The first-order valence-corrected chi connectivity index (χ1v) is 8.00. The quantitative estimate of drug-likeness (QED) is 0.786. The van der Waals surface area contributed by atoms with Gasteiger partial charge in [0.05, 0.1) is 11.7 Å². The molecular formula is C18H17N3O3. The van der Waals surface area contributed by atoms with Crippen molar-refractivity contribution < 1.29 is 9.32 Å². The molecule has 0 radical (unpaired) electrons. The van der Waals surface area contributed by atoms with E-state index in [0.29, 0.717) is 23.4 Å². The first kappa shape index (κ1) is 14.7. The average Bonchev–Trinajstić information content (AvgIpc) is 3.22. The Labute approximate surface area is 138 Å². The fourth-order valence-electron chi connectivity index (χ4n) is 3.33. The van der Waals surface area contributed by atoms with Gasteiger partial charge in [-0.25, -0.2) is 0 Å². The fraction of sp³-hybridized carbons (Fsp3) is 0.278. The first-order chi connectivity index (χ1) is 11.6. The number of aromatic amines is 1. The molecule has 0 unspecified atom stereocenters. The smallest absolute Gasteiger partial charge is 0.271 e. The van der Waals surface area contributed by atoms with E-state index in [4.69, 9.17) is 4.52 Å². The van der Waals surface area contributed by atoms with Crippen molar-refractivity contribution >= 4 is 16.7 Å². The van der Waals surface area contributed by atoms with Crippen LogP contribution in [-0.2, 0) is 0 Å². The second-order valence-corrected chi connectivity index (χ2v) is 6.13. The molecule has 1 amide bonds. The minimum atomic E-state index is -0.247. The number of carbonyl (C=O) groups excluding carboxylic acids is 1. The van der Waals surface area contributed by atoms with Crippen LogP contribution in [0.2, 0.25) is 0 Å². The standard InChI is InChI=1S/C18H17N3O3/c1-11-9-16(24-20-11)15-7-4-8-21(15)18(23)14-10-12-5-2-3-6-13(12)17(22)19-14/h2-3,5-6,9-10,15H,4,7-8H2,1H3,(H,19,22)/t15-/m0/s1. The highest BCUT2D eigenvalue weighted by molar-refractivity contribution is 5.96. The molecule has 1 aliphatic heterocycles. The van der Waals surface area contributed by atoms with Gasteiger partial charge < -0.3 is 14.4 Å². The zero-order chi connectivity index (χ0) is 16.7. The van der Waals surface area contributed by atoms with E-state index in [1.54, 1.807) is 17.0 Å². The Morgan fingerprint density at radius 2 is 2.17 bits per heavy atom. The SMILES string of the molecule is Cc1cc([C@@H]2CCCN2C(=O)c2cc3ccccc3c(=O)[nH]2)on1. The maximum absolute atomic E-state index is 12.9. The molecule has 1 saturated heterocycles. The third-order valence-corrected chi connectivity index (χ3v) is 4.47. The van der Waals surface area contributed by atoms with Crippen LogP contribution in [0.15, 0.2) is 45.7 Å². The molecule has 24 heavy (non-hydrogen) atoms. The number of fused-ring (bicyclic) bond motifs is 1. The lowest BCUT2D eigenvalue weighted by molar-refractivity contribution is 0.0708. The van der Waals surface area contributed by atoms with Gasteiger partial charge in [0.15, 0.2) is 5.76 Å². The van der Waals surface area contributed by atoms with Gasteiger partial charge in [0.2, 0.25) is 0 Å². The van der Waals surface area contributed by atoms with Gasteiger partial charge in [0, 0.05) is 18.0 Å². The molecule has 1 atom stereocenters. The number of benzene rings is 1. The summed E-state index contributed by atoms with van der Waals surface area (Å²) in [5.74, 6) is 0.510. The first-order valence-electron chi connectivity index (χ1n) is 8.00. The molecule has 1 fully saturated rings. The highest BCUT2D eigenvalue weighted by Crippen LogP contribution is 2.33. The Kier molecular flexibility index (Phi) is 3.45. The zero-order valence-electron chi connectivity index (χ0n) is 13.3. The molecule has 0 saturated carbocycles. The highest BCUT2D eigenvalue weighted by Gasteiger charge is 2.33. The number of hydrogen-bond acceptors (Lipinski definition) is 4. The number of carbonyl (C=O) groups is 1. The minimum absolute atomic E-state index is 0.131. The molecular weight excluding hydrogens is 306 g/mol. The predicted octanol–water partition coefficient (Wildman–Crippen LogP) is 2.80. The fourth-order valence-corrected chi connectivity index (χ4v) is 3.33. The van der Waals surface area contributed by atoms with Gasteiger partial charge in [-0.2, -0.15) is 0 Å². The van der Waals surface area contributed by atoms with Crippen molar-refractivity contribution in [3.8, 4) is 0 Å².